The molecule has 1 aliphatic rings. The first kappa shape index (κ1) is 19.4. The molecule has 2 N–H and O–H groups in total. The Hall–Kier alpha value is -2.34. The minimum absolute atomic E-state index is 0.0787. The third kappa shape index (κ3) is 4.89. The molecule has 142 valence electrons. The summed E-state index contributed by atoms with van der Waals surface area (Å²) in [6.45, 7) is 1.46. The van der Waals surface area contributed by atoms with Gasteiger partial charge in [-0.15, -0.1) is 0 Å². The van der Waals surface area contributed by atoms with Crippen LogP contribution in [0.2, 0.25) is 0 Å². The number of benzene rings is 2. The van der Waals surface area contributed by atoms with Gasteiger partial charge >= 0.3 is 0 Å². The summed E-state index contributed by atoms with van der Waals surface area (Å²) < 4.78 is 6.19. The fourth-order valence-electron chi connectivity index (χ4n) is 3.22. The Balaban J connectivity index is 1.70. The fraction of sp³-hybridized carbons (Fsp3) is 0.333. The number of hydrogen-bond acceptors (Lipinski definition) is 3. The number of rotatable bonds is 7. The van der Waals surface area contributed by atoms with Crippen molar-refractivity contribution < 1.29 is 14.3 Å². The number of carbonyl (C=O) groups excluding carboxylic acids is 2. The predicted octanol–water partition coefficient (Wildman–Crippen LogP) is 3.83. The summed E-state index contributed by atoms with van der Waals surface area (Å²) in [5.41, 5.74) is 1.70. The van der Waals surface area contributed by atoms with E-state index in [9.17, 15) is 9.59 Å². The van der Waals surface area contributed by atoms with Crippen LogP contribution in [0.3, 0.4) is 0 Å². The minimum Gasteiger partial charge on any atom is -0.497 e. The number of carbonyl (C=O) groups is 2. The average Bonchev–Trinajstić information content (AvgIpc) is 3.42. The highest BCUT2D eigenvalue weighted by Gasteiger charge is 2.45. The van der Waals surface area contributed by atoms with Crippen LogP contribution in [-0.2, 0) is 15.1 Å². The third-order valence-corrected chi connectivity index (χ3v) is 5.34. The van der Waals surface area contributed by atoms with Gasteiger partial charge in [0.2, 0.25) is 11.8 Å². The van der Waals surface area contributed by atoms with Gasteiger partial charge in [0.25, 0.3) is 0 Å². The van der Waals surface area contributed by atoms with Gasteiger partial charge in [-0.3, -0.25) is 9.59 Å². The van der Waals surface area contributed by atoms with Gasteiger partial charge < -0.3 is 15.4 Å². The monoisotopic (exact) mass is 430 g/mol. The van der Waals surface area contributed by atoms with Gasteiger partial charge in [-0.05, 0) is 48.2 Å². The maximum absolute atomic E-state index is 12.7. The van der Waals surface area contributed by atoms with E-state index in [0.29, 0.717) is 0 Å². The zero-order valence-corrected chi connectivity index (χ0v) is 17.0. The molecular formula is C21H23BrN2O3. The normalized spacial score (nSPS) is 15.5. The number of methoxy groups -OCH3 is 1. The van der Waals surface area contributed by atoms with Crippen LogP contribution < -0.4 is 15.4 Å². The van der Waals surface area contributed by atoms with Crippen molar-refractivity contribution in [2.45, 2.75) is 37.8 Å². The molecule has 0 saturated heterocycles. The van der Waals surface area contributed by atoms with Gasteiger partial charge in [0.15, 0.2) is 0 Å². The Labute approximate surface area is 167 Å². The van der Waals surface area contributed by atoms with Crippen molar-refractivity contribution in [3.63, 3.8) is 0 Å². The number of amides is 2. The summed E-state index contributed by atoms with van der Waals surface area (Å²) in [5.74, 6) is 0.486. The van der Waals surface area contributed by atoms with Gasteiger partial charge in [-0.2, -0.15) is 0 Å². The molecule has 1 unspecified atom stereocenters. The summed E-state index contributed by atoms with van der Waals surface area (Å²) >= 11 is 3.44. The second-order valence-electron chi connectivity index (χ2n) is 6.87. The SMILES string of the molecule is COc1ccc(C(CC(=O)NC2(c3ccc(Br)cc3)CC2)NC(C)=O)cc1. The average molecular weight is 431 g/mol. The van der Waals surface area contributed by atoms with Crippen molar-refractivity contribution in [2.75, 3.05) is 7.11 Å². The maximum Gasteiger partial charge on any atom is 0.223 e. The molecule has 2 aromatic carbocycles. The number of halogens is 1. The second kappa shape index (κ2) is 8.13. The Morgan fingerprint density at radius 3 is 2.26 bits per heavy atom. The van der Waals surface area contributed by atoms with E-state index < -0.39 is 0 Å². The maximum atomic E-state index is 12.7. The highest BCUT2D eigenvalue weighted by molar-refractivity contribution is 9.10. The highest BCUT2D eigenvalue weighted by Crippen LogP contribution is 2.45. The lowest BCUT2D eigenvalue weighted by Crippen LogP contribution is -2.38. The lowest BCUT2D eigenvalue weighted by molar-refractivity contribution is -0.123. The molecule has 1 atom stereocenters. The van der Waals surface area contributed by atoms with Crippen LogP contribution in [0.5, 0.6) is 5.75 Å². The van der Waals surface area contributed by atoms with Crippen molar-refractivity contribution in [3.05, 3.63) is 64.1 Å². The lowest BCUT2D eigenvalue weighted by Gasteiger charge is -2.22. The van der Waals surface area contributed by atoms with Crippen LogP contribution in [-0.4, -0.2) is 18.9 Å². The smallest absolute Gasteiger partial charge is 0.223 e. The number of hydrogen-bond donors (Lipinski definition) is 2. The van der Waals surface area contributed by atoms with E-state index in [4.69, 9.17) is 4.74 Å². The summed E-state index contributed by atoms with van der Waals surface area (Å²) in [4.78, 5) is 24.3. The Morgan fingerprint density at radius 2 is 1.74 bits per heavy atom. The molecule has 3 rings (SSSR count). The molecule has 1 fully saturated rings. The topological polar surface area (TPSA) is 67.4 Å². The molecule has 2 aromatic rings. The van der Waals surface area contributed by atoms with Crippen LogP contribution in [0.1, 0.15) is 43.4 Å². The molecule has 0 aromatic heterocycles. The van der Waals surface area contributed by atoms with Crippen LogP contribution in [0, 0.1) is 0 Å². The van der Waals surface area contributed by atoms with Crippen molar-refractivity contribution in [1.29, 1.82) is 0 Å². The summed E-state index contributed by atoms with van der Waals surface area (Å²) in [6.07, 6.45) is 2.03. The standard InChI is InChI=1S/C21H23BrN2O3/c1-14(25)23-19(15-3-9-18(27-2)10-4-15)13-20(26)24-21(11-12-21)16-5-7-17(22)8-6-16/h3-10,19H,11-13H2,1-2H3,(H,23,25)(H,24,26). The van der Waals surface area contributed by atoms with Gasteiger partial charge in [-0.25, -0.2) is 0 Å². The van der Waals surface area contributed by atoms with E-state index in [2.05, 4.69) is 26.6 Å². The van der Waals surface area contributed by atoms with E-state index in [1.54, 1.807) is 7.11 Å². The summed E-state index contributed by atoms with van der Waals surface area (Å²) in [6, 6.07) is 15.0. The minimum atomic E-state index is -0.380. The predicted molar refractivity (Wildman–Crippen MR) is 107 cm³/mol. The van der Waals surface area contributed by atoms with Gasteiger partial charge in [0, 0.05) is 11.4 Å². The summed E-state index contributed by atoms with van der Waals surface area (Å²) in [5, 5.41) is 6.04. The van der Waals surface area contributed by atoms with E-state index in [-0.39, 0.29) is 29.8 Å². The molecule has 27 heavy (non-hydrogen) atoms. The molecule has 6 heteroatoms. The first-order valence-corrected chi connectivity index (χ1v) is 9.69. The molecule has 0 aliphatic heterocycles. The van der Waals surface area contributed by atoms with Gasteiger partial charge in [0.05, 0.1) is 25.1 Å². The zero-order valence-electron chi connectivity index (χ0n) is 15.4. The van der Waals surface area contributed by atoms with Crippen molar-refractivity contribution in [2.24, 2.45) is 0 Å². The van der Waals surface area contributed by atoms with Crippen molar-refractivity contribution >= 4 is 27.7 Å². The molecule has 5 nitrogen and oxygen atoms in total. The van der Waals surface area contributed by atoms with E-state index in [1.165, 1.54) is 6.92 Å². The number of nitrogens with one attached hydrogen (secondary N) is 2. The third-order valence-electron chi connectivity index (χ3n) is 4.81. The largest absolute Gasteiger partial charge is 0.497 e. The highest BCUT2D eigenvalue weighted by atomic mass is 79.9. The molecule has 0 radical (unpaired) electrons. The van der Waals surface area contributed by atoms with Crippen LogP contribution >= 0.6 is 15.9 Å². The van der Waals surface area contributed by atoms with Gasteiger partial charge in [-0.1, -0.05) is 40.2 Å². The molecule has 1 aliphatic carbocycles. The number of ether oxygens (including phenoxy) is 1. The first-order valence-electron chi connectivity index (χ1n) is 8.90. The van der Waals surface area contributed by atoms with Crippen LogP contribution in [0.25, 0.3) is 0 Å². The molecule has 0 bridgehead atoms. The quantitative estimate of drug-likeness (QED) is 0.701. The fourth-order valence-corrected chi connectivity index (χ4v) is 3.48. The van der Waals surface area contributed by atoms with E-state index in [1.807, 2.05) is 48.5 Å². The van der Waals surface area contributed by atoms with Crippen molar-refractivity contribution in [3.8, 4) is 5.75 Å². The molecule has 2 amide bonds. The van der Waals surface area contributed by atoms with Crippen molar-refractivity contribution in [1.82, 2.24) is 10.6 Å². The summed E-state index contributed by atoms with van der Waals surface area (Å²) in [7, 11) is 1.60. The first-order chi connectivity index (χ1) is 12.9. The molecular weight excluding hydrogens is 408 g/mol. The Morgan fingerprint density at radius 1 is 1.11 bits per heavy atom. The Bertz CT molecular complexity index is 814. The zero-order chi connectivity index (χ0) is 19.4. The van der Waals surface area contributed by atoms with E-state index >= 15 is 0 Å². The van der Waals surface area contributed by atoms with E-state index in [0.717, 1.165) is 34.2 Å². The van der Waals surface area contributed by atoms with Gasteiger partial charge in [0.1, 0.15) is 5.75 Å². The Kier molecular flexibility index (Phi) is 5.85. The molecule has 0 heterocycles. The lowest BCUT2D eigenvalue weighted by atomic mass is 10.0. The second-order valence-corrected chi connectivity index (χ2v) is 7.78. The molecule has 0 spiro atoms. The molecule has 1 saturated carbocycles. The van der Waals surface area contributed by atoms with Crippen LogP contribution in [0.15, 0.2) is 53.0 Å². The van der Waals surface area contributed by atoms with Crippen LogP contribution in [0.4, 0.5) is 0 Å².